The van der Waals surface area contributed by atoms with E-state index in [1.165, 1.54) is 0 Å². The Labute approximate surface area is 145 Å². The van der Waals surface area contributed by atoms with Crippen molar-refractivity contribution in [2.24, 2.45) is 5.41 Å². The zero-order chi connectivity index (χ0) is 17.2. The summed E-state index contributed by atoms with van der Waals surface area (Å²) in [5.74, 6) is 1.19. The van der Waals surface area contributed by atoms with Crippen molar-refractivity contribution in [1.29, 1.82) is 0 Å². The van der Waals surface area contributed by atoms with Crippen molar-refractivity contribution in [1.82, 2.24) is 14.5 Å². The maximum Gasteiger partial charge on any atom is 0.214 e. The first-order valence-electron chi connectivity index (χ1n) is 8.97. The molecule has 0 radical (unpaired) electrons. The summed E-state index contributed by atoms with van der Waals surface area (Å²) >= 11 is 0. The Bertz CT molecular complexity index is 662. The molecule has 1 aromatic rings. The normalized spacial score (nSPS) is 25.5. The molecule has 1 unspecified atom stereocenters. The first-order chi connectivity index (χ1) is 11.4. The molecule has 0 saturated carbocycles. The second-order valence-corrected chi connectivity index (χ2v) is 9.40. The Morgan fingerprint density at radius 1 is 1.17 bits per heavy atom. The SMILES string of the molecule is CCCCS(=O)(=O)N1CCC2(CCCN(c3ccc(C)nn3)C2)C1. The van der Waals surface area contributed by atoms with E-state index in [1.54, 1.807) is 4.31 Å². The van der Waals surface area contributed by atoms with Crippen LogP contribution in [0.15, 0.2) is 12.1 Å². The Kier molecular flexibility index (Phi) is 5.11. The van der Waals surface area contributed by atoms with Gasteiger partial charge in [-0.05, 0) is 44.7 Å². The number of unbranched alkanes of at least 4 members (excludes halogenated alkanes) is 1. The molecule has 134 valence electrons. The van der Waals surface area contributed by atoms with E-state index in [1.807, 2.05) is 26.0 Å². The van der Waals surface area contributed by atoms with Gasteiger partial charge in [-0.2, -0.15) is 5.10 Å². The molecular weight excluding hydrogens is 324 g/mol. The fourth-order valence-electron chi connectivity index (χ4n) is 3.88. The van der Waals surface area contributed by atoms with Crippen molar-refractivity contribution in [3.8, 4) is 0 Å². The van der Waals surface area contributed by atoms with Gasteiger partial charge in [-0.15, -0.1) is 5.10 Å². The summed E-state index contributed by atoms with van der Waals surface area (Å²) < 4.78 is 26.7. The summed E-state index contributed by atoms with van der Waals surface area (Å²) in [4.78, 5) is 2.28. The highest BCUT2D eigenvalue weighted by Crippen LogP contribution is 2.40. The van der Waals surface area contributed by atoms with Crippen LogP contribution in [0.5, 0.6) is 0 Å². The first kappa shape index (κ1) is 17.6. The van der Waals surface area contributed by atoms with Gasteiger partial charge in [0.2, 0.25) is 10.0 Å². The number of piperidine rings is 1. The largest absolute Gasteiger partial charge is 0.355 e. The van der Waals surface area contributed by atoms with Crippen LogP contribution in [0, 0.1) is 12.3 Å². The predicted molar refractivity (Wildman–Crippen MR) is 95.5 cm³/mol. The summed E-state index contributed by atoms with van der Waals surface area (Å²) in [6.45, 7) is 7.15. The number of aryl methyl sites for hydroxylation is 1. The predicted octanol–water partition coefficient (Wildman–Crippen LogP) is 2.21. The number of anilines is 1. The van der Waals surface area contributed by atoms with Gasteiger partial charge in [0.05, 0.1) is 11.4 Å². The number of hydrogen-bond acceptors (Lipinski definition) is 5. The summed E-state index contributed by atoms with van der Waals surface area (Å²) in [5, 5.41) is 8.47. The summed E-state index contributed by atoms with van der Waals surface area (Å²) in [5.41, 5.74) is 0.990. The third-order valence-electron chi connectivity index (χ3n) is 5.32. The fraction of sp³-hybridized carbons (Fsp3) is 0.765. The molecule has 24 heavy (non-hydrogen) atoms. The van der Waals surface area contributed by atoms with Crippen LogP contribution < -0.4 is 4.90 Å². The lowest BCUT2D eigenvalue weighted by Gasteiger charge is -2.40. The van der Waals surface area contributed by atoms with Gasteiger partial charge in [0.1, 0.15) is 0 Å². The van der Waals surface area contributed by atoms with Crippen LogP contribution in [0.3, 0.4) is 0 Å². The van der Waals surface area contributed by atoms with Gasteiger partial charge in [0.15, 0.2) is 5.82 Å². The highest BCUT2D eigenvalue weighted by molar-refractivity contribution is 7.89. The Morgan fingerprint density at radius 2 is 2.00 bits per heavy atom. The quantitative estimate of drug-likeness (QED) is 0.813. The zero-order valence-corrected chi connectivity index (χ0v) is 15.6. The monoisotopic (exact) mass is 352 g/mol. The van der Waals surface area contributed by atoms with Crippen molar-refractivity contribution in [3.05, 3.63) is 17.8 Å². The molecule has 2 fully saturated rings. The Morgan fingerprint density at radius 3 is 2.71 bits per heavy atom. The molecule has 3 rings (SSSR count). The van der Waals surface area contributed by atoms with Gasteiger partial charge in [-0.1, -0.05) is 13.3 Å². The van der Waals surface area contributed by atoms with Crippen molar-refractivity contribution >= 4 is 15.8 Å². The van der Waals surface area contributed by atoms with Crippen molar-refractivity contribution < 1.29 is 8.42 Å². The van der Waals surface area contributed by atoms with Gasteiger partial charge in [0, 0.05) is 31.6 Å². The van der Waals surface area contributed by atoms with E-state index >= 15 is 0 Å². The van der Waals surface area contributed by atoms with Crippen LogP contribution in [-0.2, 0) is 10.0 Å². The van der Waals surface area contributed by atoms with Gasteiger partial charge >= 0.3 is 0 Å². The van der Waals surface area contributed by atoms with Crippen LogP contribution in [0.2, 0.25) is 0 Å². The van der Waals surface area contributed by atoms with Gasteiger partial charge in [-0.3, -0.25) is 0 Å². The zero-order valence-electron chi connectivity index (χ0n) is 14.7. The number of rotatable bonds is 5. The van der Waals surface area contributed by atoms with Gasteiger partial charge < -0.3 is 4.90 Å². The molecule has 2 aliphatic rings. The lowest BCUT2D eigenvalue weighted by atomic mass is 9.79. The highest BCUT2D eigenvalue weighted by atomic mass is 32.2. The van der Waals surface area contributed by atoms with E-state index in [2.05, 4.69) is 15.1 Å². The minimum atomic E-state index is -3.10. The molecule has 1 aromatic heterocycles. The van der Waals surface area contributed by atoms with Crippen LogP contribution in [0.25, 0.3) is 0 Å². The molecule has 7 heteroatoms. The topological polar surface area (TPSA) is 66.4 Å². The third kappa shape index (κ3) is 3.72. The second-order valence-electron chi connectivity index (χ2n) is 7.31. The summed E-state index contributed by atoms with van der Waals surface area (Å²) in [7, 11) is -3.10. The average Bonchev–Trinajstić information content (AvgIpc) is 2.98. The molecule has 0 amide bonds. The lowest BCUT2D eigenvalue weighted by Crippen LogP contribution is -2.46. The molecule has 6 nitrogen and oxygen atoms in total. The molecular formula is C17H28N4O2S. The molecule has 1 atom stereocenters. The van der Waals surface area contributed by atoms with E-state index < -0.39 is 10.0 Å². The fourth-order valence-corrected chi connectivity index (χ4v) is 5.64. The van der Waals surface area contributed by atoms with E-state index in [9.17, 15) is 8.42 Å². The van der Waals surface area contributed by atoms with E-state index in [4.69, 9.17) is 0 Å². The molecule has 0 N–H and O–H groups in total. The maximum atomic E-state index is 12.5. The molecule has 1 spiro atoms. The van der Waals surface area contributed by atoms with Crippen LogP contribution in [0.4, 0.5) is 5.82 Å². The Balaban J connectivity index is 1.69. The van der Waals surface area contributed by atoms with Crippen LogP contribution in [0.1, 0.15) is 44.7 Å². The molecule has 0 bridgehead atoms. The number of nitrogens with zero attached hydrogens (tertiary/aromatic N) is 4. The van der Waals surface area contributed by atoms with Gasteiger partial charge in [-0.25, -0.2) is 12.7 Å². The van der Waals surface area contributed by atoms with Crippen LogP contribution in [-0.4, -0.2) is 54.9 Å². The average molecular weight is 353 g/mol. The number of sulfonamides is 1. The standard InChI is InChI=1S/C17H28N4O2S/c1-3-4-12-24(22,23)21-11-9-17(14-21)8-5-10-20(13-17)16-7-6-15(2)18-19-16/h6-7H,3-5,8-14H2,1-2H3. The van der Waals surface area contributed by atoms with Crippen molar-refractivity contribution in [2.75, 3.05) is 36.8 Å². The molecule has 0 aromatic carbocycles. The smallest absolute Gasteiger partial charge is 0.214 e. The first-order valence-corrected chi connectivity index (χ1v) is 10.6. The highest BCUT2D eigenvalue weighted by Gasteiger charge is 2.44. The maximum absolute atomic E-state index is 12.5. The lowest BCUT2D eigenvalue weighted by molar-refractivity contribution is 0.246. The molecule has 2 aliphatic heterocycles. The third-order valence-corrected chi connectivity index (χ3v) is 7.22. The summed E-state index contributed by atoms with van der Waals surface area (Å²) in [6.07, 6.45) is 4.80. The molecule has 0 aliphatic carbocycles. The second kappa shape index (κ2) is 6.96. The molecule has 3 heterocycles. The van der Waals surface area contributed by atoms with E-state index in [-0.39, 0.29) is 11.2 Å². The van der Waals surface area contributed by atoms with Crippen molar-refractivity contribution in [3.63, 3.8) is 0 Å². The number of aromatic nitrogens is 2. The summed E-state index contributed by atoms with van der Waals surface area (Å²) in [6, 6.07) is 4.01. The van der Waals surface area contributed by atoms with E-state index in [0.717, 1.165) is 56.7 Å². The number of hydrogen-bond donors (Lipinski definition) is 0. The van der Waals surface area contributed by atoms with Gasteiger partial charge in [0.25, 0.3) is 0 Å². The van der Waals surface area contributed by atoms with Crippen LogP contribution >= 0.6 is 0 Å². The minimum absolute atomic E-state index is 0.0735. The molecule has 2 saturated heterocycles. The van der Waals surface area contributed by atoms with E-state index in [0.29, 0.717) is 13.1 Å². The Hall–Kier alpha value is -1.21. The van der Waals surface area contributed by atoms with Crippen molar-refractivity contribution in [2.45, 2.75) is 46.0 Å². The minimum Gasteiger partial charge on any atom is -0.355 e.